The van der Waals surface area contributed by atoms with Crippen molar-refractivity contribution in [3.63, 3.8) is 0 Å². The molecule has 0 bridgehead atoms. The average molecular weight is 388 g/mol. The standard InChI is InChI=1S/C16H18ClNO4S2/c1-11(15-10-7-13(23-15)3-2-4-16(19)20)18-24(21,22)14-8-5-12(17)6-9-14/h5-11,18H,2-4H2,1H3,(H,19,20). The quantitative estimate of drug-likeness (QED) is 0.720. The van der Waals surface area contributed by atoms with Gasteiger partial charge in [0.15, 0.2) is 0 Å². The lowest BCUT2D eigenvalue weighted by Gasteiger charge is -2.13. The molecule has 0 spiro atoms. The maximum Gasteiger partial charge on any atom is 0.303 e. The Morgan fingerprint density at radius 2 is 1.92 bits per heavy atom. The van der Waals surface area contributed by atoms with E-state index in [4.69, 9.17) is 16.7 Å². The molecule has 1 atom stereocenters. The number of halogens is 1. The van der Waals surface area contributed by atoms with Crippen LogP contribution in [0.4, 0.5) is 0 Å². The summed E-state index contributed by atoms with van der Waals surface area (Å²) in [5.41, 5.74) is 0. The Hall–Kier alpha value is -1.41. The van der Waals surface area contributed by atoms with Gasteiger partial charge in [-0.3, -0.25) is 4.79 Å². The minimum atomic E-state index is -3.62. The fourth-order valence-corrected chi connectivity index (χ4v) is 4.63. The fourth-order valence-electron chi connectivity index (χ4n) is 2.15. The second kappa shape index (κ2) is 8.11. The van der Waals surface area contributed by atoms with Gasteiger partial charge in [0.25, 0.3) is 0 Å². The maximum absolute atomic E-state index is 12.4. The molecule has 0 saturated heterocycles. The van der Waals surface area contributed by atoms with Gasteiger partial charge < -0.3 is 5.11 Å². The number of aryl methyl sites for hydroxylation is 1. The molecule has 1 heterocycles. The van der Waals surface area contributed by atoms with Gasteiger partial charge in [-0.25, -0.2) is 13.1 Å². The van der Waals surface area contributed by atoms with E-state index in [9.17, 15) is 13.2 Å². The number of thiophene rings is 1. The van der Waals surface area contributed by atoms with E-state index in [1.165, 1.54) is 35.6 Å². The number of rotatable bonds is 8. The molecule has 5 nitrogen and oxygen atoms in total. The number of aliphatic carboxylic acids is 1. The first-order valence-corrected chi connectivity index (χ1v) is 10.0. The van der Waals surface area contributed by atoms with Crippen LogP contribution in [0.1, 0.15) is 35.6 Å². The van der Waals surface area contributed by atoms with Gasteiger partial charge in [-0.05, 0) is 56.2 Å². The average Bonchev–Trinajstić information content (AvgIpc) is 2.96. The molecule has 0 aliphatic carbocycles. The molecule has 2 rings (SSSR count). The maximum atomic E-state index is 12.4. The second-order valence-corrected chi connectivity index (χ2v) is 8.70. The van der Waals surface area contributed by atoms with Gasteiger partial charge in [0, 0.05) is 21.2 Å². The van der Waals surface area contributed by atoms with Crippen LogP contribution in [0.3, 0.4) is 0 Å². The fraction of sp³-hybridized carbons (Fsp3) is 0.312. The predicted octanol–water partition coefficient (Wildman–Crippen LogP) is 3.85. The predicted molar refractivity (Wildman–Crippen MR) is 95.1 cm³/mol. The first kappa shape index (κ1) is 18.9. The molecule has 1 aromatic heterocycles. The number of hydrogen-bond acceptors (Lipinski definition) is 4. The molecule has 0 radical (unpaired) electrons. The van der Waals surface area contributed by atoms with Crippen molar-refractivity contribution in [1.82, 2.24) is 4.72 Å². The normalized spacial score (nSPS) is 12.9. The monoisotopic (exact) mass is 387 g/mol. The van der Waals surface area contributed by atoms with Crippen LogP contribution in [0.25, 0.3) is 0 Å². The van der Waals surface area contributed by atoms with Crippen LogP contribution in [-0.2, 0) is 21.2 Å². The summed E-state index contributed by atoms with van der Waals surface area (Å²) in [6.45, 7) is 1.78. The van der Waals surface area contributed by atoms with Crippen molar-refractivity contribution >= 4 is 38.9 Å². The molecule has 8 heteroatoms. The molecule has 2 N–H and O–H groups in total. The van der Waals surface area contributed by atoms with Crippen molar-refractivity contribution in [2.45, 2.75) is 37.1 Å². The van der Waals surface area contributed by atoms with Crippen molar-refractivity contribution in [1.29, 1.82) is 0 Å². The summed E-state index contributed by atoms with van der Waals surface area (Å²) in [5, 5.41) is 9.13. The smallest absolute Gasteiger partial charge is 0.303 e. The van der Waals surface area contributed by atoms with Crippen LogP contribution in [0, 0.1) is 0 Å². The van der Waals surface area contributed by atoms with Crippen LogP contribution >= 0.6 is 22.9 Å². The summed E-state index contributed by atoms with van der Waals surface area (Å²) in [4.78, 5) is 12.6. The highest BCUT2D eigenvalue weighted by atomic mass is 35.5. The van der Waals surface area contributed by atoms with Crippen molar-refractivity contribution in [3.05, 3.63) is 51.2 Å². The summed E-state index contributed by atoms with van der Waals surface area (Å²) in [6, 6.07) is 9.40. The molecular formula is C16H18ClNO4S2. The van der Waals surface area contributed by atoms with Gasteiger partial charge in [0.05, 0.1) is 10.9 Å². The summed E-state index contributed by atoms with van der Waals surface area (Å²) >= 11 is 7.27. The first-order valence-electron chi connectivity index (χ1n) is 7.36. The molecule has 0 amide bonds. The third-order valence-corrected chi connectivity index (χ3v) is 6.52. The molecule has 0 aliphatic rings. The minimum Gasteiger partial charge on any atom is -0.481 e. The number of sulfonamides is 1. The Bertz CT molecular complexity index is 800. The van der Waals surface area contributed by atoms with Gasteiger partial charge in [-0.2, -0.15) is 0 Å². The van der Waals surface area contributed by atoms with Crippen LogP contribution < -0.4 is 4.72 Å². The third-order valence-electron chi connectivity index (χ3n) is 3.38. The van der Waals surface area contributed by atoms with Crippen molar-refractivity contribution in [2.75, 3.05) is 0 Å². The van der Waals surface area contributed by atoms with Gasteiger partial charge in [0.2, 0.25) is 10.0 Å². The van der Waals surface area contributed by atoms with E-state index in [-0.39, 0.29) is 17.4 Å². The zero-order valence-electron chi connectivity index (χ0n) is 13.0. The molecule has 0 aliphatic heterocycles. The van der Waals surface area contributed by atoms with Crippen LogP contribution in [0.5, 0.6) is 0 Å². The highest BCUT2D eigenvalue weighted by Crippen LogP contribution is 2.26. The van der Waals surface area contributed by atoms with Crippen LogP contribution in [0.15, 0.2) is 41.3 Å². The Morgan fingerprint density at radius 3 is 2.54 bits per heavy atom. The van der Waals surface area contributed by atoms with Crippen molar-refractivity contribution < 1.29 is 18.3 Å². The lowest BCUT2D eigenvalue weighted by Crippen LogP contribution is -2.26. The molecule has 1 unspecified atom stereocenters. The zero-order chi connectivity index (χ0) is 17.7. The van der Waals surface area contributed by atoms with E-state index in [1.54, 1.807) is 6.92 Å². The number of carboxylic acids is 1. The molecule has 130 valence electrons. The summed E-state index contributed by atoms with van der Waals surface area (Å²) in [7, 11) is -3.62. The zero-order valence-corrected chi connectivity index (χ0v) is 15.4. The minimum absolute atomic E-state index is 0.131. The Labute approximate surface area is 150 Å². The Kier molecular flexibility index (Phi) is 6.40. The number of carbonyl (C=O) groups is 1. The van der Waals surface area contributed by atoms with E-state index in [0.717, 1.165) is 9.75 Å². The molecule has 2 aromatic rings. The van der Waals surface area contributed by atoms with Crippen LogP contribution in [-0.4, -0.2) is 19.5 Å². The summed E-state index contributed by atoms with van der Waals surface area (Å²) in [5.74, 6) is -0.809. The first-order chi connectivity index (χ1) is 11.3. The molecule has 0 saturated carbocycles. The van der Waals surface area contributed by atoms with E-state index in [2.05, 4.69) is 4.72 Å². The highest BCUT2D eigenvalue weighted by Gasteiger charge is 2.19. The molecule has 0 fully saturated rings. The van der Waals surface area contributed by atoms with Gasteiger partial charge in [-0.15, -0.1) is 11.3 Å². The third kappa shape index (κ3) is 5.31. The Morgan fingerprint density at radius 1 is 1.25 bits per heavy atom. The van der Waals surface area contributed by atoms with Crippen molar-refractivity contribution in [3.8, 4) is 0 Å². The summed E-state index contributed by atoms with van der Waals surface area (Å²) < 4.78 is 27.4. The Balaban J connectivity index is 2.01. The largest absolute Gasteiger partial charge is 0.481 e. The van der Waals surface area contributed by atoms with Gasteiger partial charge in [-0.1, -0.05) is 11.6 Å². The molecule has 24 heavy (non-hydrogen) atoms. The molecular weight excluding hydrogens is 370 g/mol. The lowest BCUT2D eigenvalue weighted by atomic mass is 10.2. The highest BCUT2D eigenvalue weighted by molar-refractivity contribution is 7.89. The summed E-state index contributed by atoms with van der Waals surface area (Å²) in [6.07, 6.45) is 1.37. The van der Waals surface area contributed by atoms with E-state index < -0.39 is 16.0 Å². The SMILES string of the molecule is CC(NS(=O)(=O)c1ccc(Cl)cc1)c1ccc(CCCC(=O)O)s1. The second-order valence-electron chi connectivity index (χ2n) is 5.35. The van der Waals surface area contributed by atoms with Gasteiger partial charge in [0.1, 0.15) is 0 Å². The van der Waals surface area contributed by atoms with E-state index in [1.807, 2.05) is 12.1 Å². The van der Waals surface area contributed by atoms with E-state index >= 15 is 0 Å². The van der Waals surface area contributed by atoms with Gasteiger partial charge >= 0.3 is 5.97 Å². The lowest BCUT2D eigenvalue weighted by molar-refractivity contribution is -0.137. The number of nitrogens with one attached hydrogen (secondary N) is 1. The number of carboxylic acid groups (broad SMARTS) is 1. The van der Waals surface area contributed by atoms with Crippen molar-refractivity contribution in [2.24, 2.45) is 0 Å². The topological polar surface area (TPSA) is 83.5 Å². The number of benzene rings is 1. The van der Waals surface area contributed by atoms with E-state index in [0.29, 0.717) is 17.9 Å². The van der Waals surface area contributed by atoms with Crippen LogP contribution in [0.2, 0.25) is 5.02 Å². The number of hydrogen-bond donors (Lipinski definition) is 2. The molecule has 1 aromatic carbocycles.